The second kappa shape index (κ2) is 4.61. The highest BCUT2D eigenvalue weighted by Crippen LogP contribution is 2.20. The first kappa shape index (κ1) is 10.4. The third-order valence-corrected chi connectivity index (χ3v) is 2.40. The predicted molar refractivity (Wildman–Crippen MR) is 57.0 cm³/mol. The molecule has 4 heteroatoms. The molecule has 1 aromatic carbocycles. The minimum atomic E-state index is -0.853. The van der Waals surface area contributed by atoms with Gasteiger partial charge in [0.05, 0.1) is 11.6 Å². The Morgan fingerprint density at radius 2 is 2.06 bits per heavy atom. The van der Waals surface area contributed by atoms with Gasteiger partial charge in [0.1, 0.15) is 6.26 Å². The van der Waals surface area contributed by atoms with Crippen molar-refractivity contribution in [1.29, 1.82) is 0 Å². The van der Waals surface area contributed by atoms with Crippen LogP contribution in [-0.2, 0) is 11.2 Å². The predicted octanol–water partition coefficient (Wildman–Crippen LogP) is 2.09. The Morgan fingerprint density at radius 1 is 1.31 bits per heavy atom. The lowest BCUT2D eigenvalue weighted by atomic mass is 9.94. The van der Waals surface area contributed by atoms with Crippen LogP contribution in [0.5, 0.6) is 0 Å². The fraction of sp³-hybridized carbons (Fsp3) is 0.167. The molecule has 0 radical (unpaired) electrons. The molecule has 0 bridgehead atoms. The van der Waals surface area contributed by atoms with Crippen molar-refractivity contribution in [2.75, 3.05) is 0 Å². The van der Waals surface area contributed by atoms with E-state index in [0.29, 0.717) is 12.1 Å². The zero-order valence-corrected chi connectivity index (χ0v) is 8.54. The van der Waals surface area contributed by atoms with E-state index in [2.05, 4.69) is 9.68 Å². The van der Waals surface area contributed by atoms with Gasteiger partial charge in [-0.15, -0.1) is 0 Å². The minimum Gasteiger partial charge on any atom is -0.481 e. The summed E-state index contributed by atoms with van der Waals surface area (Å²) in [6.07, 6.45) is 1.79. The standard InChI is InChI=1S/C12H11NO3/c14-12(15)11(8-10-6-7-16-13-10)9-4-2-1-3-5-9/h1-7,11H,8H2,(H,14,15). The molecule has 0 spiro atoms. The first-order valence-corrected chi connectivity index (χ1v) is 4.94. The lowest BCUT2D eigenvalue weighted by Gasteiger charge is -2.10. The van der Waals surface area contributed by atoms with Crippen molar-refractivity contribution in [3.8, 4) is 0 Å². The van der Waals surface area contributed by atoms with E-state index in [1.165, 1.54) is 6.26 Å². The van der Waals surface area contributed by atoms with Gasteiger partial charge < -0.3 is 9.63 Å². The van der Waals surface area contributed by atoms with Crippen LogP contribution in [0.1, 0.15) is 17.2 Å². The van der Waals surface area contributed by atoms with E-state index in [1.54, 1.807) is 18.2 Å². The van der Waals surface area contributed by atoms with Crippen molar-refractivity contribution in [3.05, 3.63) is 53.9 Å². The second-order valence-corrected chi connectivity index (χ2v) is 3.50. The largest absolute Gasteiger partial charge is 0.481 e. The van der Waals surface area contributed by atoms with Gasteiger partial charge >= 0.3 is 5.97 Å². The number of rotatable bonds is 4. The molecule has 0 saturated heterocycles. The molecule has 0 saturated carbocycles. The topological polar surface area (TPSA) is 63.3 Å². The van der Waals surface area contributed by atoms with Gasteiger partial charge in [0, 0.05) is 12.5 Å². The van der Waals surface area contributed by atoms with Gasteiger partial charge in [0.25, 0.3) is 0 Å². The molecule has 1 unspecified atom stereocenters. The Labute approximate surface area is 92.5 Å². The SMILES string of the molecule is O=C(O)C(Cc1ccon1)c1ccccc1. The summed E-state index contributed by atoms with van der Waals surface area (Å²) in [7, 11) is 0. The summed E-state index contributed by atoms with van der Waals surface area (Å²) in [6.45, 7) is 0. The number of carboxylic acid groups (broad SMARTS) is 1. The van der Waals surface area contributed by atoms with Crippen molar-refractivity contribution in [2.45, 2.75) is 12.3 Å². The monoisotopic (exact) mass is 217 g/mol. The molecule has 82 valence electrons. The maximum atomic E-state index is 11.2. The smallest absolute Gasteiger partial charge is 0.311 e. The summed E-state index contributed by atoms with van der Waals surface area (Å²) in [5.41, 5.74) is 1.43. The van der Waals surface area contributed by atoms with E-state index in [9.17, 15) is 4.79 Å². The molecule has 0 aliphatic rings. The highest BCUT2D eigenvalue weighted by molar-refractivity contribution is 5.76. The lowest BCUT2D eigenvalue weighted by molar-refractivity contribution is -0.138. The molecule has 4 nitrogen and oxygen atoms in total. The van der Waals surface area contributed by atoms with Crippen molar-refractivity contribution < 1.29 is 14.4 Å². The molecule has 0 amide bonds. The minimum absolute atomic E-state index is 0.343. The van der Waals surface area contributed by atoms with Crippen LogP contribution in [0.4, 0.5) is 0 Å². The van der Waals surface area contributed by atoms with Crippen LogP contribution in [0, 0.1) is 0 Å². The number of nitrogens with zero attached hydrogens (tertiary/aromatic N) is 1. The average Bonchev–Trinajstić information content (AvgIpc) is 2.79. The van der Waals surface area contributed by atoms with Crippen molar-refractivity contribution in [2.24, 2.45) is 0 Å². The number of carbonyl (C=O) groups is 1. The molecular weight excluding hydrogens is 206 g/mol. The average molecular weight is 217 g/mol. The third kappa shape index (κ3) is 2.28. The van der Waals surface area contributed by atoms with E-state index in [-0.39, 0.29) is 0 Å². The summed E-state index contributed by atoms with van der Waals surface area (Å²) in [5, 5.41) is 12.9. The molecule has 0 aliphatic carbocycles. The van der Waals surface area contributed by atoms with Crippen LogP contribution in [0.3, 0.4) is 0 Å². The second-order valence-electron chi connectivity index (χ2n) is 3.50. The Morgan fingerprint density at radius 3 is 2.62 bits per heavy atom. The highest BCUT2D eigenvalue weighted by Gasteiger charge is 2.21. The Balaban J connectivity index is 2.22. The first-order valence-electron chi connectivity index (χ1n) is 4.94. The lowest BCUT2D eigenvalue weighted by Crippen LogP contribution is -2.14. The van der Waals surface area contributed by atoms with Gasteiger partial charge in [-0.05, 0) is 5.56 Å². The fourth-order valence-electron chi connectivity index (χ4n) is 1.59. The fourth-order valence-corrected chi connectivity index (χ4v) is 1.59. The highest BCUT2D eigenvalue weighted by atomic mass is 16.5. The van der Waals surface area contributed by atoms with E-state index >= 15 is 0 Å². The zero-order chi connectivity index (χ0) is 11.4. The summed E-state index contributed by atoms with van der Waals surface area (Å²) in [6, 6.07) is 10.8. The van der Waals surface area contributed by atoms with Gasteiger partial charge in [-0.3, -0.25) is 4.79 Å². The van der Waals surface area contributed by atoms with E-state index in [1.807, 2.05) is 18.2 Å². The van der Waals surface area contributed by atoms with Crippen LogP contribution in [0.2, 0.25) is 0 Å². The van der Waals surface area contributed by atoms with Crippen LogP contribution < -0.4 is 0 Å². The number of aromatic nitrogens is 1. The van der Waals surface area contributed by atoms with Crippen LogP contribution >= 0.6 is 0 Å². The molecule has 1 aromatic heterocycles. The normalized spacial score (nSPS) is 12.2. The quantitative estimate of drug-likeness (QED) is 0.851. The van der Waals surface area contributed by atoms with Gasteiger partial charge in [-0.1, -0.05) is 35.5 Å². The summed E-state index contributed by atoms with van der Waals surface area (Å²) >= 11 is 0. The number of benzene rings is 1. The molecule has 0 fully saturated rings. The number of aliphatic carboxylic acids is 1. The van der Waals surface area contributed by atoms with Gasteiger partial charge in [-0.2, -0.15) is 0 Å². The van der Waals surface area contributed by atoms with Gasteiger partial charge in [-0.25, -0.2) is 0 Å². The third-order valence-electron chi connectivity index (χ3n) is 2.40. The van der Waals surface area contributed by atoms with Crippen molar-refractivity contribution in [3.63, 3.8) is 0 Å². The van der Waals surface area contributed by atoms with Crippen molar-refractivity contribution in [1.82, 2.24) is 5.16 Å². The molecule has 1 atom stereocenters. The zero-order valence-electron chi connectivity index (χ0n) is 8.54. The van der Waals surface area contributed by atoms with Gasteiger partial charge in [0.2, 0.25) is 0 Å². The Hall–Kier alpha value is -2.10. The van der Waals surface area contributed by atoms with Gasteiger partial charge in [0.15, 0.2) is 0 Å². The van der Waals surface area contributed by atoms with Crippen LogP contribution in [0.25, 0.3) is 0 Å². The number of hydrogen-bond donors (Lipinski definition) is 1. The number of carboxylic acids is 1. The van der Waals surface area contributed by atoms with Crippen LogP contribution in [-0.4, -0.2) is 16.2 Å². The molecule has 1 N–H and O–H groups in total. The van der Waals surface area contributed by atoms with E-state index in [4.69, 9.17) is 5.11 Å². The molecular formula is C12H11NO3. The summed E-state index contributed by atoms with van der Waals surface area (Å²) < 4.78 is 4.69. The Bertz CT molecular complexity index is 450. The molecule has 2 aromatic rings. The molecule has 2 rings (SSSR count). The summed E-state index contributed by atoms with van der Waals surface area (Å²) in [4.78, 5) is 11.2. The van der Waals surface area contributed by atoms with Crippen molar-refractivity contribution >= 4 is 5.97 Å². The van der Waals surface area contributed by atoms with E-state index in [0.717, 1.165) is 5.56 Å². The maximum absolute atomic E-state index is 11.2. The first-order chi connectivity index (χ1) is 7.77. The molecule has 0 aliphatic heterocycles. The maximum Gasteiger partial charge on any atom is 0.311 e. The van der Waals surface area contributed by atoms with E-state index < -0.39 is 11.9 Å². The summed E-state index contributed by atoms with van der Waals surface area (Å²) in [5.74, 6) is -1.43. The molecule has 16 heavy (non-hydrogen) atoms. The molecule has 1 heterocycles. The number of hydrogen-bond acceptors (Lipinski definition) is 3. The Kier molecular flexibility index (Phi) is 3.00. The van der Waals surface area contributed by atoms with Crippen LogP contribution in [0.15, 0.2) is 47.2 Å².